The Hall–Kier alpha value is -2.91. The third-order valence-electron chi connectivity index (χ3n) is 6.51. The standard InChI is InChI=1S/C26H28N2O/c1-25(28,18-19-10-4-2-5-11-19)23-17-16-20-12-8-9-15-22(20)26(23,24(27)29)21-13-6-3-7-14-21/h2-15,23H,16-18,28H2,1H3,(H2,27,29). The summed E-state index contributed by atoms with van der Waals surface area (Å²) in [5.41, 5.74) is 16.0. The van der Waals surface area contributed by atoms with Gasteiger partial charge in [-0.15, -0.1) is 0 Å². The van der Waals surface area contributed by atoms with Crippen molar-refractivity contribution < 1.29 is 4.79 Å². The number of primary amides is 1. The molecule has 148 valence electrons. The van der Waals surface area contributed by atoms with Crippen molar-refractivity contribution in [3.05, 3.63) is 107 Å². The highest BCUT2D eigenvalue weighted by atomic mass is 16.1. The van der Waals surface area contributed by atoms with Gasteiger partial charge in [0.1, 0.15) is 5.41 Å². The van der Waals surface area contributed by atoms with E-state index in [1.165, 1.54) is 11.1 Å². The Kier molecular flexibility index (Phi) is 5.01. The van der Waals surface area contributed by atoms with Gasteiger partial charge in [0.2, 0.25) is 5.91 Å². The summed E-state index contributed by atoms with van der Waals surface area (Å²) in [6, 6.07) is 28.4. The first-order valence-electron chi connectivity index (χ1n) is 10.2. The molecule has 0 fully saturated rings. The van der Waals surface area contributed by atoms with Crippen LogP contribution in [0.5, 0.6) is 0 Å². The molecule has 0 radical (unpaired) electrons. The van der Waals surface area contributed by atoms with E-state index >= 15 is 0 Å². The van der Waals surface area contributed by atoms with Gasteiger partial charge in [-0.25, -0.2) is 0 Å². The summed E-state index contributed by atoms with van der Waals surface area (Å²) < 4.78 is 0. The Morgan fingerprint density at radius 2 is 1.55 bits per heavy atom. The van der Waals surface area contributed by atoms with Crippen LogP contribution in [-0.4, -0.2) is 11.4 Å². The Morgan fingerprint density at radius 1 is 0.966 bits per heavy atom. The molecule has 0 bridgehead atoms. The van der Waals surface area contributed by atoms with Crippen LogP contribution < -0.4 is 11.5 Å². The molecule has 3 aromatic carbocycles. The molecule has 0 heterocycles. The van der Waals surface area contributed by atoms with E-state index in [9.17, 15) is 4.79 Å². The number of hydrogen-bond donors (Lipinski definition) is 2. The van der Waals surface area contributed by atoms with Gasteiger partial charge in [-0.2, -0.15) is 0 Å². The van der Waals surface area contributed by atoms with E-state index in [1.54, 1.807) is 0 Å². The van der Waals surface area contributed by atoms with Crippen molar-refractivity contribution in [1.29, 1.82) is 0 Å². The van der Waals surface area contributed by atoms with E-state index in [0.717, 1.165) is 24.0 Å². The summed E-state index contributed by atoms with van der Waals surface area (Å²) in [5.74, 6) is -0.449. The monoisotopic (exact) mass is 384 g/mol. The van der Waals surface area contributed by atoms with Crippen LogP contribution in [0.15, 0.2) is 84.9 Å². The van der Waals surface area contributed by atoms with Gasteiger partial charge in [0, 0.05) is 5.54 Å². The Bertz CT molecular complexity index is 997. The zero-order chi connectivity index (χ0) is 20.5. The SMILES string of the molecule is CC(N)(Cc1ccccc1)C1CCc2ccccc2C1(C(N)=O)c1ccccc1. The number of nitrogens with two attached hydrogens (primary N) is 2. The van der Waals surface area contributed by atoms with Crippen LogP contribution >= 0.6 is 0 Å². The van der Waals surface area contributed by atoms with Crippen molar-refractivity contribution in [3.63, 3.8) is 0 Å². The maximum atomic E-state index is 13.3. The largest absolute Gasteiger partial charge is 0.369 e. The van der Waals surface area contributed by atoms with E-state index in [0.29, 0.717) is 6.42 Å². The summed E-state index contributed by atoms with van der Waals surface area (Å²) >= 11 is 0. The average molecular weight is 385 g/mol. The molecular formula is C26H28N2O. The number of benzene rings is 3. The first kappa shape index (κ1) is 19.4. The van der Waals surface area contributed by atoms with Crippen molar-refractivity contribution in [2.75, 3.05) is 0 Å². The molecule has 0 aromatic heterocycles. The van der Waals surface area contributed by atoms with Crippen molar-refractivity contribution in [1.82, 2.24) is 0 Å². The van der Waals surface area contributed by atoms with Crippen LogP contribution in [0.1, 0.15) is 35.6 Å². The molecule has 0 spiro atoms. The van der Waals surface area contributed by atoms with E-state index in [1.807, 2.05) is 60.7 Å². The highest BCUT2D eigenvalue weighted by Gasteiger charge is 2.55. The molecule has 3 nitrogen and oxygen atoms in total. The average Bonchev–Trinajstić information content (AvgIpc) is 2.73. The van der Waals surface area contributed by atoms with Gasteiger partial charge in [-0.05, 0) is 54.4 Å². The molecule has 29 heavy (non-hydrogen) atoms. The normalized spacial score (nSPS) is 23.0. The number of hydrogen-bond acceptors (Lipinski definition) is 2. The van der Waals surface area contributed by atoms with Crippen molar-refractivity contribution in [3.8, 4) is 0 Å². The first-order valence-corrected chi connectivity index (χ1v) is 10.2. The summed E-state index contributed by atoms with van der Waals surface area (Å²) in [5, 5.41) is 0. The van der Waals surface area contributed by atoms with Crippen LogP contribution in [0.25, 0.3) is 0 Å². The number of rotatable bonds is 5. The van der Waals surface area contributed by atoms with Crippen LogP contribution in [0, 0.1) is 5.92 Å². The van der Waals surface area contributed by atoms with Crippen molar-refractivity contribution >= 4 is 5.91 Å². The maximum Gasteiger partial charge on any atom is 0.232 e. The van der Waals surface area contributed by atoms with Crippen LogP contribution in [0.3, 0.4) is 0 Å². The molecule has 3 atom stereocenters. The first-order chi connectivity index (χ1) is 14.0. The summed E-state index contributed by atoms with van der Waals surface area (Å²) in [4.78, 5) is 13.3. The second kappa shape index (κ2) is 7.49. The molecule has 4 rings (SSSR count). The van der Waals surface area contributed by atoms with Gasteiger partial charge in [0.05, 0.1) is 0 Å². The lowest BCUT2D eigenvalue weighted by Crippen LogP contribution is -2.62. The minimum absolute atomic E-state index is 0.120. The van der Waals surface area contributed by atoms with E-state index < -0.39 is 11.0 Å². The number of amides is 1. The molecule has 0 aliphatic heterocycles. The Labute approximate surface area is 172 Å². The zero-order valence-corrected chi connectivity index (χ0v) is 16.8. The lowest BCUT2D eigenvalue weighted by molar-refractivity contribution is -0.125. The number of carbonyl (C=O) groups excluding carboxylic acids is 1. The van der Waals surface area contributed by atoms with Gasteiger partial charge in [-0.3, -0.25) is 4.79 Å². The fourth-order valence-electron chi connectivity index (χ4n) is 5.31. The van der Waals surface area contributed by atoms with E-state index in [-0.39, 0.29) is 11.8 Å². The molecule has 3 aromatic rings. The van der Waals surface area contributed by atoms with Gasteiger partial charge in [-0.1, -0.05) is 84.9 Å². The van der Waals surface area contributed by atoms with Gasteiger partial charge in [0.25, 0.3) is 0 Å². The third-order valence-corrected chi connectivity index (χ3v) is 6.51. The summed E-state index contributed by atoms with van der Waals surface area (Å²) in [6.07, 6.45) is 2.39. The van der Waals surface area contributed by atoms with E-state index in [4.69, 9.17) is 11.5 Å². The predicted octanol–water partition coefficient (Wildman–Crippen LogP) is 3.98. The zero-order valence-electron chi connectivity index (χ0n) is 16.8. The number of fused-ring (bicyclic) bond motifs is 1. The molecule has 1 aliphatic rings. The molecule has 0 saturated carbocycles. The minimum Gasteiger partial charge on any atom is -0.369 e. The lowest BCUT2D eigenvalue weighted by Gasteiger charge is -2.50. The molecule has 3 heteroatoms. The third kappa shape index (κ3) is 3.26. The second-order valence-electron chi connectivity index (χ2n) is 8.45. The topological polar surface area (TPSA) is 69.1 Å². The molecular weight excluding hydrogens is 356 g/mol. The van der Waals surface area contributed by atoms with Crippen LogP contribution in [0.4, 0.5) is 0 Å². The fourth-order valence-corrected chi connectivity index (χ4v) is 5.31. The Morgan fingerprint density at radius 3 is 2.21 bits per heavy atom. The summed E-state index contributed by atoms with van der Waals surface area (Å²) in [7, 11) is 0. The second-order valence-corrected chi connectivity index (χ2v) is 8.45. The van der Waals surface area contributed by atoms with Gasteiger partial charge in [0.15, 0.2) is 0 Å². The van der Waals surface area contributed by atoms with Gasteiger partial charge < -0.3 is 11.5 Å². The molecule has 4 N–H and O–H groups in total. The quantitative estimate of drug-likeness (QED) is 0.698. The highest BCUT2D eigenvalue weighted by molar-refractivity contribution is 5.92. The number of carbonyl (C=O) groups is 1. The van der Waals surface area contributed by atoms with Crippen LogP contribution in [-0.2, 0) is 23.1 Å². The molecule has 3 unspecified atom stereocenters. The summed E-state index contributed by atoms with van der Waals surface area (Å²) in [6.45, 7) is 2.07. The Balaban J connectivity index is 1.92. The highest BCUT2D eigenvalue weighted by Crippen LogP contribution is 2.50. The lowest BCUT2D eigenvalue weighted by atomic mass is 9.53. The molecule has 0 saturated heterocycles. The smallest absolute Gasteiger partial charge is 0.232 e. The van der Waals surface area contributed by atoms with Gasteiger partial charge >= 0.3 is 0 Å². The van der Waals surface area contributed by atoms with Crippen molar-refractivity contribution in [2.24, 2.45) is 17.4 Å². The van der Waals surface area contributed by atoms with Crippen molar-refractivity contribution in [2.45, 2.75) is 37.1 Å². The number of aryl methyl sites for hydroxylation is 1. The fraction of sp³-hybridized carbons (Fsp3) is 0.269. The minimum atomic E-state index is -0.950. The van der Waals surface area contributed by atoms with Crippen LogP contribution in [0.2, 0.25) is 0 Å². The maximum absolute atomic E-state index is 13.3. The predicted molar refractivity (Wildman–Crippen MR) is 117 cm³/mol. The molecule has 1 amide bonds. The van der Waals surface area contributed by atoms with E-state index in [2.05, 4.69) is 31.2 Å². The molecule has 1 aliphatic carbocycles.